The van der Waals surface area contributed by atoms with E-state index in [0.717, 1.165) is 5.75 Å². The van der Waals surface area contributed by atoms with Gasteiger partial charge < -0.3 is 5.11 Å². The lowest BCUT2D eigenvalue weighted by molar-refractivity contribution is -0.136. The summed E-state index contributed by atoms with van der Waals surface area (Å²) in [5.41, 5.74) is 2.78. The highest BCUT2D eigenvalue weighted by Gasteiger charge is 2.12. The largest absolute Gasteiger partial charge is 0.481 e. The van der Waals surface area contributed by atoms with Crippen molar-refractivity contribution in [2.75, 3.05) is 5.75 Å². The molecule has 1 N–H and O–H groups in total. The molecule has 1 aromatic rings. The average molecular weight is 252 g/mol. The van der Waals surface area contributed by atoms with Gasteiger partial charge in [0, 0.05) is 11.5 Å². The molecule has 0 heterocycles. The Morgan fingerprint density at radius 2 is 1.82 bits per heavy atom. The lowest BCUT2D eigenvalue weighted by Crippen LogP contribution is -2.10. The maximum Gasteiger partial charge on any atom is 0.304 e. The van der Waals surface area contributed by atoms with E-state index in [1.165, 1.54) is 11.1 Å². The van der Waals surface area contributed by atoms with Crippen molar-refractivity contribution >= 4 is 17.7 Å². The van der Waals surface area contributed by atoms with Crippen LogP contribution in [0.1, 0.15) is 38.3 Å². The van der Waals surface area contributed by atoms with E-state index in [1.54, 1.807) is 11.8 Å². The second kappa shape index (κ2) is 6.10. The summed E-state index contributed by atoms with van der Waals surface area (Å²) < 4.78 is 0. The van der Waals surface area contributed by atoms with Crippen LogP contribution in [0.5, 0.6) is 0 Å². The highest BCUT2D eigenvalue weighted by Crippen LogP contribution is 2.23. The zero-order valence-electron chi connectivity index (χ0n) is 10.7. The fourth-order valence-corrected chi connectivity index (χ4v) is 2.34. The molecule has 0 saturated heterocycles. The molecule has 3 heteroatoms. The molecular weight excluding hydrogens is 232 g/mol. The Hall–Kier alpha value is -0.960. The van der Waals surface area contributed by atoms with E-state index in [-0.39, 0.29) is 11.8 Å². The van der Waals surface area contributed by atoms with Crippen molar-refractivity contribution < 1.29 is 9.90 Å². The molecule has 0 saturated carbocycles. The van der Waals surface area contributed by atoms with E-state index in [0.29, 0.717) is 5.75 Å². The van der Waals surface area contributed by atoms with E-state index in [9.17, 15) is 4.79 Å². The first-order valence-electron chi connectivity index (χ1n) is 5.78. The van der Waals surface area contributed by atoms with E-state index >= 15 is 0 Å². The minimum atomic E-state index is -0.722. The molecule has 1 rings (SSSR count). The van der Waals surface area contributed by atoms with E-state index in [4.69, 9.17) is 5.11 Å². The first-order chi connectivity index (χ1) is 7.89. The fourth-order valence-electron chi connectivity index (χ4n) is 1.45. The van der Waals surface area contributed by atoms with Crippen molar-refractivity contribution in [1.82, 2.24) is 0 Å². The third-order valence-corrected chi connectivity index (χ3v) is 3.58. The summed E-state index contributed by atoms with van der Waals surface area (Å²) >= 11 is 1.67. The number of carboxylic acids is 1. The first kappa shape index (κ1) is 14.1. The smallest absolute Gasteiger partial charge is 0.304 e. The Labute approximate surface area is 107 Å². The molecule has 1 aromatic carbocycles. The van der Waals surface area contributed by atoms with Gasteiger partial charge in [0.2, 0.25) is 0 Å². The van der Waals surface area contributed by atoms with Gasteiger partial charge in [-0.1, -0.05) is 45.0 Å². The van der Waals surface area contributed by atoms with Crippen LogP contribution >= 0.6 is 11.8 Å². The lowest BCUT2D eigenvalue weighted by atomic mass is 9.87. The topological polar surface area (TPSA) is 37.3 Å². The minimum Gasteiger partial charge on any atom is -0.481 e. The molecule has 94 valence electrons. The van der Waals surface area contributed by atoms with Crippen LogP contribution in [0.4, 0.5) is 0 Å². The van der Waals surface area contributed by atoms with E-state index < -0.39 is 5.97 Å². The number of rotatable bonds is 5. The van der Waals surface area contributed by atoms with Crippen molar-refractivity contribution in [1.29, 1.82) is 0 Å². The third kappa shape index (κ3) is 5.26. The summed E-state index contributed by atoms with van der Waals surface area (Å²) in [5.74, 6) is 0.842. The van der Waals surface area contributed by atoms with Crippen molar-refractivity contribution in [3.8, 4) is 0 Å². The summed E-state index contributed by atoms with van der Waals surface area (Å²) in [4.78, 5) is 10.4. The normalized spacial score (nSPS) is 11.5. The van der Waals surface area contributed by atoms with E-state index in [2.05, 4.69) is 45.0 Å². The fraction of sp³-hybridized carbons (Fsp3) is 0.500. The van der Waals surface area contributed by atoms with Gasteiger partial charge in [0.25, 0.3) is 0 Å². The standard InChI is InChI=1S/C14H20O2S/c1-14(2,3)12-6-4-11(5-7-12)10-17-9-8-13(15)16/h4-7H,8-10H2,1-3H3,(H,15,16). The van der Waals surface area contributed by atoms with Crippen LogP contribution in [-0.4, -0.2) is 16.8 Å². The minimum absolute atomic E-state index is 0.189. The summed E-state index contributed by atoms with van der Waals surface area (Å²) in [5, 5.41) is 8.52. The van der Waals surface area contributed by atoms with Gasteiger partial charge in [-0.25, -0.2) is 0 Å². The number of carbonyl (C=O) groups is 1. The van der Waals surface area contributed by atoms with Crippen LogP contribution < -0.4 is 0 Å². The summed E-state index contributed by atoms with van der Waals surface area (Å²) in [6.45, 7) is 6.59. The number of thioether (sulfide) groups is 1. The molecular formula is C14H20O2S. The number of hydrogen-bond acceptors (Lipinski definition) is 2. The number of carboxylic acid groups (broad SMARTS) is 1. The second-order valence-electron chi connectivity index (χ2n) is 5.14. The van der Waals surface area contributed by atoms with Crippen molar-refractivity contribution in [2.45, 2.75) is 38.4 Å². The molecule has 17 heavy (non-hydrogen) atoms. The van der Waals surface area contributed by atoms with Crippen LogP contribution in [0.3, 0.4) is 0 Å². The SMILES string of the molecule is CC(C)(C)c1ccc(CSCCC(=O)O)cc1. The molecule has 0 amide bonds. The zero-order valence-corrected chi connectivity index (χ0v) is 11.5. The van der Waals surface area contributed by atoms with Crippen molar-refractivity contribution in [3.63, 3.8) is 0 Å². The number of benzene rings is 1. The molecule has 0 radical (unpaired) electrons. The molecule has 0 spiro atoms. The lowest BCUT2D eigenvalue weighted by Gasteiger charge is -2.19. The molecule has 0 aromatic heterocycles. The first-order valence-corrected chi connectivity index (χ1v) is 6.94. The Balaban J connectivity index is 2.43. The Morgan fingerprint density at radius 3 is 2.29 bits per heavy atom. The molecule has 0 aliphatic heterocycles. The summed E-state index contributed by atoms with van der Waals surface area (Å²) in [7, 11) is 0. The number of hydrogen-bond donors (Lipinski definition) is 1. The van der Waals surface area contributed by atoms with Gasteiger partial charge >= 0.3 is 5.97 Å². The maximum absolute atomic E-state index is 10.4. The molecule has 0 aliphatic carbocycles. The zero-order chi connectivity index (χ0) is 12.9. The molecule has 0 unspecified atom stereocenters. The predicted octanol–water partition coefficient (Wildman–Crippen LogP) is 3.69. The quantitative estimate of drug-likeness (QED) is 0.812. The van der Waals surface area contributed by atoms with Gasteiger partial charge in [0.15, 0.2) is 0 Å². The van der Waals surface area contributed by atoms with Crippen molar-refractivity contribution in [2.24, 2.45) is 0 Å². The molecule has 0 atom stereocenters. The highest BCUT2D eigenvalue weighted by molar-refractivity contribution is 7.98. The molecule has 0 fully saturated rings. The van der Waals surface area contributed by atoms with Crippen LogP contribution in [0.25, 0.3) is 0 Å². The van der Waals surface area contributed by atoms with Gasteiger partial charge in [0.05, 0.1) is 6.42 Å². The van der Waals surface area contributed by atoms with Gasteiger partial charge in [0.1, 0.15) is 0 Å². The van der Waals surface area contributed by atoms with Crippen LogP contribution in [0, 0.1) is 0 Å². The van der Waals surface area contributed by atoms with Crippen molar-refractivity contribution in [3.05, 3.63) is 35.4 Å². The van der Waals surface area contributed by atoms with Crippen LogP contribution in [-0.2, 0) is 16.0 Å². The molecule has 0 aliphatic rings. The maximum atomic E-state index is 10.4. The second-order valence-corrected chi connectivity index (χ2v) is 6.25. The van der Waals surface area contributed by atoms with Gasteiger partial charge in [-0.15, -0.1) is 0 Å². The van der Waals surface area contributed by atoms with Crippen LogP contribution in [0.15, 0.2) is 24.3 Å². The van der Waals surface area contributed by atoms with Gasteiger partial charge in [-0.2, -0.15) is 11.8 Å². The Kier molecular flexibility index (Phi) is 5.06. The predicted molar refractivity (Wildman–Crippen MR) is 73.6 cm³/mol. The summed E-state index contributed by atoms with van der Waals surface area (Å²) in [6.07, 6.45) is 0.241. The highest BCUT2D eigenvalue weighted by atomic mass is 32.2. The molecule has 2 nitrogen and oxygen atoms in total. The average Bonchev–Trinajstić information content (AvgIpc) is 2.23. The van der Waals surface area contributed by atoms with Gasteiger partial charge in [-0.05, 0) is 16.5 Å². The molecule has 0 bridgehead atoms. The Bertz CT molecular complexity index is 363. The van der Waals surface area contributed by atoms with Gasteiger partial charge in [-0.3, -0.25) is 4.79 Å². The van der Waals surface area contributed by atoms with E-state index in [1.807, 2.05) is 0 Å². The summed E-state index contributed by atoms with van der Waals surface area (Å²) in [6, 6.07) is 8.59. The van der Waals surface area contributed by atoms with Crippen LogP contribution in [0.2, 0.25) is 0 Å². The monoisotopic (exact) mass is 252 g/mol. The number of aliphatic carboxylic acids is 1. The third-order valence-electron chi connectivity index (χ3n) is 2.55. The Morgan fingerprint density at radius 1 is 1.24 bits per heavy atom.